The van der Waals surface area contributed by atoms with E-state index in [1.807, 2.05) is 16.7 Å². The van der Waals surface area contributed by atoms with Crippen LogP contribution >= 0.6 is 11.6 Å². The minimum absolute atomic E-state index is 0.109. The van der Waals surface area contributed by atoms with Gasteiger partial charge in [0.1, 0.15) is 11.6 Å². The Morgan fingerprint density at radius 3 is 2.93 bits per heavy atom. The molecule has 1 aliphatic rings. The van der Waals surface area contributed by atoms with E-state index in [0.29, 0.717) is 36.7 Å². The van der Waals surface area contributed by atoms with Crippen LogP contribution < -0.4 is 15.8 Å². The molecule has 0 radical (unpaired) electrons. The third-order valence-electron chi connectivity index (χ3n) is 5.16. The molecule has 0 saturated carbocycles. The summed E-state index contributed by atoms with van der Waals surface area (Å²) in [6.45, 7) is 7.42. The molecule has 8 heteroatoms. The van der Waals surface area contributed by atoms with Crippen molar-refractivity contribution in [3.05, 3.63) is 39.9 Å². The number of hydrogen-bond donors (Lipinski definition) is 2. The Kier molecular flexibility index (Phi) is 5.80. The summed E-state index contributed by atoms with van der Waals surface area (Å²) >= 11 is 6.08. The third-order valence-corrected chi connectivity index (χ3v) is 5.33. The van der Waals surface area contributed by atoms with E-state index >= 15 is 0 Å². The van der Waals surface area contributed by atoms with Gasteiger partial charge in [-0.25, -0.2) is 4.98 Å². The van der Waals surface area contributed by atoms with Crippen molar-refractivity contribution in [1.29, 1.82) is 0 Å². The van der Waals surface area contributed by atoms with Gasteiger partial charge in [-0.3, -0.25) is 0 Å². The van der Waals surface area contributed by atoms with E-state index in [4.69, 9.17) is 33.5 Å². The fourth-order valence-electron chi connectivity index (χ4n) is 3.71. The van der Waals surface area contributed by atoms with Crippen LogP contribution in [-0.2, 0) is 19.4 Å². The normalized spacial score (nSPS) is 12.9. The molecule has 0 saturated heterocycles. The maximum absolute atomic E-state index is 6.08. The largest absolute Gasteiger partial charge is 0.493 e. The number of nitrogen functional groups attached to an aromatic ring is 1. The minimum atomic E-state index is 0.109. The average Bonchev–Trinajstić information content (AvgIpc) is 3.29. The average molecular weight is 425 g/mol. The molecule has 1 aromatic carbocycles. The Labute approximate surface area is 181 Å². The van der Waals surface area contributed by atoms with E-state index in [1.165, 1.54) is 0 Å². The number of benzene rings is 1. The van der Waals surface area contributed by atoms with Crippen LogP contribution in [0.5, 0.6) is 5.75 Å². The van der Waals surface area contributed by atoms with Gasteiger partial charge in [0.15, 0.2) is 17.0 Å². The summed E-state index contributed by atoms with van der Waals surface area (Å²) in [5, 5.41) is 3.57. The second-order valence-electron chi connectivity index (χ2n) is 7.86. The van der Waals surface area contributed by atoms with Crippen LogP contribution in [0.15, 0.2) is 12.1 Å². The number of terminal acetylenes is 1. The molecule has 7 nitrogen and oxygen atoms in total. The van der Waals surface area contributed by atoms with Crippen molar-refractivity contribution in [2.45, 2.75) is 33.2 Å². The molecule has 0 bridgehead atoms. The van der Waals surface area contributed by atoms with E-state index in [-0.39, 0.29) is 11.1 Å². The lowest BCUT2D eigenvalue weighted by atomic mass is 10.00. The summed E-state index contributed by atoms with van der Waals surface area (Å²) in [4.78, 5) is 13.2. The maximum Gasteiger partial charge on any atom is 0.226 e. The molecule has 4 rings (SSSR count). The van der Waals surface area contributed by atoms with Gasteiger partial charge in [0.2, 0.25) is 5.28 Å². The fourth-order valence-corrected chi connectivity index (χ4v) is 3.88. The van der Waals surface area contributed by atoms with Gasteiger partial charge in [0, 0.05) is 31.5 Å². The highest BCUT2D eigenvalue weighted by Gasteiger charge is 2.20. The van der Waals surface area contributed by atoms with Crippen molar-refractivity contribution in [3.8, 4) is 18.1 Å². The Hall–Kier alpha value is -2.82. The quantitative estimate of drug-likeness (QED) is 0.344. The molecule has 3 heterocycles. The highest BCUT2D eigenvalue weighted by atomic mass is 35.5. The number of nitrogens with two attached hydrogens (primary N) is 1. The van der Waals surface area contributed by atoms with Gasteiger partial charge in [-0.15, -0.1) is 6.42 Å². The van der Waals surface area contributed by atoms with E-state index in [2.05, 4.69) is 35.1 Å². The van der Waals surface area contributed by atoms with Crippen LogP contribution in [0, 0.1) is 18.3 Å². The fraction of sp³-hybridized carbons (Fsp3) is 0.409. The summed E-state index contributed by atoms with van der Waals surface area (Å²) in [7, 11) is 0. The molecule has 3 N–H and O–H groups in total. The lowest BCUT2D eigenvalue weighted by Crippen LogP contribution is -2.24. The number of aromatic nitrogens is 4. The molecule has 1 aliphatic heterocycles. The number of nitrogens with one attached hydrogen (secondary N) is 1. The SMILES string of the molecule is C#Cc1cc2c(cc1Cc1nc3c(N)nc(Cl)nc3n1CCNCC(C)C)OCC2. The molecule has 0 aliphatic carbocycles. The smallest absolute Gasteiger partial charge is 0.226 e. The Balaban J connectivity index is 1.72. The summed E-state index contributed by atoms with van der Waals surface area (Å²) in [6.07, 6.45) is 7.21. The molecule has 156 valence electrons. The van der Waals surface area contributed by atoms with Crippen molar-refractivity contribution >= 4 is 28.6 Å². The monoisotopic (exact) mass is 424 g/mol. The lowest BCUT2D eigenvalue weighted by molar-refractivity contribution is 0.356. The summed E-state index contributed by atoms with van der Waals surface area (Å²) in [5.41, 5.74) is 10.3. The van der Waals surface area contributed by atoms with Crippen molar-refractivity contribution in [2.24, 2.45) is 5.92 Å². The zero-order valence-corrected chi connectivity index (χ0v) is 18.0. The standard InChI is InChI=1S/C22H25ClN6O/c1-4-14-9-15-5-8-30-17(15)10-16(14)11-18-26-19-20(24)27-22(23)28-21(19)29(18)7-6-25-12-13(2)3/h1,9-10,13,25H,5-8,11-12H2,2-3H3,(H2,24,27,28). The predicted octanol–water partition coefficient (Wildman–Crippen LogP) is 2.81. The lowest BCUT2D eigenvalue weighted by Gasteiger charge is -2.12. The number of ether oxygens (including phenoxy) is 1. The second kappa shape index (κ2) is 8.50. The maximum atomic E-state index is 6.08. The first-order valence-corrected chi connectivity index (χ1v) is 10.5. The number of anilines is 1. The van der Waals surface area contributed by atoms with Crippen molar-refractivity contribution in [1.82, 2.24) is 24.8 Å². The first kappa shape index (κ1) is 20.5. The highest BCUT2D eigenvalue weighted by molar-refractivity contribution is 6.28. The van der Waals surface area contributed by atoms with Crippen LogP contribution in [0.4, 0.5) is 5.82 Å². The Morgan fingerprint density at radius 2 is 2.17 bits per heavy atom. The zero-order chi connectivity index (χ0) is 21.3. The topological polar surface area (TPSA) is 90.9 Å². The van der Waals surface area contributed by atoms with E-state index in [1.54, 1.807) is 0 Å². The Bertz CT molecular complexity index is 1130. The highest BCUT2D eigenvalue weighted by Crippen LogP contribution is 2.30. The van der Waals surface area contributed by atoms with Gasteiger partial charge in [-0.05, 0) is 47.3 Å². The first-order valence-electron chi connectivity index (χ1n) is 10.1. The molecule has 3 aromatic rings. The van der Waals surface area contributed by atoms with E-state index in [9.17, 15) is 0 Å². The van der Waals surface area contributed by atoms with Gasteiger partial charge < -0.3 is 20.4 Å². The van der Waals surface area contributed by atoms with Gasteiger partial charge >= 0.3 is 0 Å². The van der Waals surface area contributed by atoms with Gasteiger partial charge in [-0.1, -0.05) is 19.8 Å². The number of halogens is 1. The zero-order valence-electron chi connectivity index (χ0n) is 17.2. The molecule has 2 aromatic heterocycles. The van der Waals surface area contributed by atoms with Crippen LogP contribution in [0.2, 0.25) is 5.28 Å². The predicted molar refractivity (Wildman–Crippen MR) is 119 cm³/mol. The van der Waals surface area contributed by atoms with Crippen molar-refractivity contribution in [2.75, 3.05) is 25.4 Å². The summed E-state index contributed by atoms with van der Waals surface area (Å²) < 4.78 is 7.78. The van der Waals surface area contributed by atoms with Crippen molar-refractivity contribution < 1.29 is 4.74 Å². The molecule has 0 unspecified atom stereocenters. The van der Waals surface area contributed by atoms with Crippen LogP contribution in [0.25, 0.3) is 11.2 Å². The molecule has 0 amide bonds. The molecule has 30 heavy (non-hydrogen) atoms. The van der Waals surface area contributed by atoms with Crippen LogP contribution in [0.3, 0.4) is 0 Å². The number of hydrogen-bond acceptors (Lipinski definition) is 6. The van der Waals surface area contributed by atoms with Crippen LogP contribution in [0.1, 0.15) is 36.4 Å². The second-order valence-corrected chi connectivity index (χ2v) is 8.20. The summed E-state index contributed by atoms with van der Waals surface area (Å²) in [6, 6.07) is 4.07. The molecular weight excluding hydrogens is 400 g/mol. The Morgan fingerprint density at radius 1 is 1.33 bits per heavy atom. The number of nitrogens with zero attached hydrogens (tertiary/aromatic N) is 4. The molecule has 0 spiro atoms. The number of fused-ring (bicyclic) bond motifs is 2. The number of imidazole rings is 1. The summed E-state index contributed by atoms with van der Waals surface area (Å²) in [5.74, 6) is 5.36. The van der Waals surface area contributed by atoms with Crippen LogP contribution in [-0.4, -0.2) is 39.2 Å². The first-order chi connectivity index (χ1) is 14.5. The molecular formula is C22H25ClN6O. The van der Waals surface area contributed by atoms with Crippen molar-refractivity contribution in [3.63, 3.8) is 0 Å². The molecule has 0 atom stereocenters. The van der Waals surface area contributed by atoms with E-state index in [0.717, 1.165) is 47.8 Å². The molecule has 0 fully saturated rings. The minimum Gasteiger partial charge on any atom is -0.493 e. The number of rotatable bonds is 7. The van der Waals surface area contributed by atoms with E-state index < -0.39 is 0 Å². The van der Waals surface area contributed by atoms with Gasteiger partial charge in [-0.2, -0.15) is 9.97 Å². The van der Waals surface area contributed by atoms with Gasteiger partial charge in [0.25, 0.3) is 0 Å². The third kappa shape index (κ3) is 4.07. The van der Waals surface area contributed by atoms with Gasteiger partial charge in [0.05, 0.1) is 6.61 Å².